The van der Waals surface area contributed by atoms with Crippen molar-refractivity contribution in [1.82, 2.24) is 4.90 Å². The highest BCUT2D eigenvalue weighted by Crippen LogP contribution is 2.24. The maximum atomic E-state index is 12.3. The fourth-order valence-electron chi connectivity index (χ4n) is 2.85. The number of ether oxygens (including phenoxy) is 1. The number of piperidine rings is 1. The van der Waals surface area contributed by atoms with E-state index in [2.05, 4.69) is 32.9 Å². The highest BCUT2D eigenvalue weighted by molar-refractivity contribution is 5.78. The van der Waals surface area contributed by atoms with Crippen molar-refractivity contribution in [3.05, 3.63) is 29.8 Å². The molecule has 0 bridgehead atoms. The fourth-order valence-corrected chi connectivity index (χ4v) is 2.85. The Labute approximate surface area is 133 Å². The van der Waals surface area contributed by atoms with E-state index in [1.807, 2.05) is 17.0 Å². The molecule has 1 fully saturated rings. The molecular weight excluding hydrogens is 276 g/mol. The number of nitrogens with two attached hydrogens (primary N) is 1. The molecule has 0 saturated carbocycles. The lowest BCUT2D eigenvalue weighted by Crippen LogP contribution is -2.49. The van der Waals surface area contributed by atoms with E-state index in [0.29, 0.717) is 6.54 Å². The summed E-state index contributed by atoms with van der Waals surface area (Å²) in [7, 11) is 0. The van der Waals surface area contributed by atoms with Gasteiger partial charge in [-0.2, -0.15) is 0 Å². The second-order valence-electron chi connectivity index (χ2n) is 7.04. The quantitative estimate of drug-likeness (QED) is 0.930. The van der Waals surface area contributed by atoms with Crippen LogP contribution in [0.15, 0.2) is 24.3 Å². The number of hydrogen-bond acceptors (Lipinski definition) is 3. The first-order valence-electron chi connectivity index (χ1n) is 8.14. The first-order chi connectivity index (χ1) is 10.4. The van der Waals surface area contributed by atoms with Crippen LogP contribution in [0.5, 0.6) is 5.75 Å². The normalized spacial score (nSPS) is 19.1. The van der Waals surface area contributed by atoms with E-state index in [-0.39, 0.29) is 24.0 Å². The summed E-state index contributed by atoms with van der Waals surface area (Å²) in [6.45, 7) is 7.95. The molecule has 1 amide bonds. The molecule has 0 spiro atoms. The van der Waals surface area contributed by atoms with Crippen molar-refractivity contribution >= 4 is 5.91 Å². The summed E-state index contributed by atoms with van der Waals surface area (Å²) in [5.74, 6) is 0.776. The second-order valence-corrected chi connectivity index (χ2v) is 7.04. The van der Waals surface area contributed by atoms with Crippen molar-refractivity contribution in [3.63, 3.8) is 0 Å². The molecule has 4 nitrogen and oxygen atoms in total. The summed E-state index contributed by atoms with van der Waals surface area (Å²) < 4.78 is 5.65. The Balaban J connectivity index is 1.90. The van der Waals surface area contributed by atoms with Gasteiger partial charge in [0.15, 0.2) is 6.61 Å². The standard InChI is InChI=1S/C18H28N2O2/c1-18(2,3)14-7-9-16(10-8-14)22-13-17(21)20-11-5-4-6-15(20)12-19/h7-10,15H,4-6,11-13,19H2,1-3H3. The average molecular weight is 304 g/mol. The SMILES string of the molecule is CC(C)(C)c1ccc(OCC(=O)N2CCCCC2CN)cc1. The van der Waals surface area contributed by atoms with Crippen LogP contribution in [0.25, 0.3) is 0 Å². The van der Waals surface area contributed by atoms with Crippen LogP contribution in [0.3, 0.4) is 0 Å². The van der Waals surface area contributed by atoms with Gasteiger partial charge in [-0.05, 0) is 42.4 Å². The van der Waals surface area contributed by atoms with Crippen LogP contribution < -0.4 is 10.5 Å². The van der Waals surface area contributed by atoms with Crippen molar-refractivity contribution in [2.24, 2.45) is 5.73 Å². The highest BCUT2D eigenvalue weighted by Gasteiger charge is 2.25. The van der Waals surface area contributed by atoms with Crippen LogP contribution in [0.1, 0.15) is 45.6 Å². The number of benzene rings is 1. The summed E-state index contributed by atoms with van der Waals surface area (Å²) >= 11 is 0. The summed E-state index contributed by atoms with van der Waals surface area (Å²) in [6, 6.07) is 8.16. The smallest absolute Gasteiger partial charge is 0.260 e. The van der Waals surface area contributed by atoms with Gasteiger partial charge in [0.1, 0.15) is 5.75 Å². The second kappa shape index (κ2) is 7.14. The maximum absolute atomic E-state index is 12.3. The minimum absolute atomic E-state index is 0.0371. The molecule has 2 rings (SSSR count). The summed E-state index contributed by atoms with van der Waals surface area (Å²) in [5.41, 5.74) is 7.14. The third kappa shape index (κ3) is 4.23. The molecule has 1 aromatic carbocycles. The van der Waals surface area contributed by atoms with Crippen LogP contribution in [-0.4, -0.2) is 36.5 Å². The van der Waals surface area contributed by atoms with Crippen molar-refractivity contribution in [2.75, 3.05) is 19.7 Å². The van der Waals surface area contributed by atoms with Crippen LogP contribution in [0.4, 0.5) is 0 Å². The van der Waals surface area contributed by atoms with Gasteiger partial charge in [0.05, 0.1) is 0 Å². The van der Waals surface area contributed by atoms with E-state index in [1.165, 1.54) is 5.56 Å². The third-order valence-corrected chi connectivity index (χ3v) is 4.30. The van der Waals surface area contributed by atoms with E-state index >= 15 is 0 Å². The summed E-state index contributed by atoms with van der Waals surface area (Å²) in [5, 5.41) is 0. The molecule has 1 atom stereocenters. The van der Waals surface area contributed by atoms with E-state index in [9.17, 15) is 4.79 Å². The predicted octanol–water partition coefficient (Wildman–Crippen LogP) is 2.70. The lowest BCUT2D eigenvalue weighted by Gasteiger charge is -2.34. The predicted molar refractivity (Wildman–Crippen MR) is 89.0 cm³/mol. The van der Waals surface area contributed by atoms with Gasteiger partial charge in [0.2, 0.25) is 0 Å². The van der Waals surface area contributed by atoms with Gasteiger partial charge >= 0.3 is 0 Å². The van der Waals surface area contributed by atoms with Crippen LogP contribution >= 0.6 is 0 Å². The van der Waals surface area contributed by atoms with Gasteiger partial charge in [-0.25, -0.2) is 0 Å². The summed E-state index contributed by atoms with van der Waals surface area (Å²) in [6.07, 6.45) is 3.21. The molecule has 0 radical (unpaired) electrons. The highest BCUT2D eigenvalue weighted by atomic mass is 16.5. The molecule has 4 heteroatoms. The number of carbonyl (C=O) groups excluding carboxylic acids is 1. The Morgan fingerprint density at radius 1 is 1.27 bits per heavy atom. The molecule has 2 N–H and O–H groups in total. The Morgan fingerprint density at radius 3 is 2.55 bits per heavy atom. The van der Waals surface area contributed by atoms with E-state index < -0.39 is 0 Å². The van der Waals surface area contributed by atoms with Gasteiger partial charge in [0.25, 0.3) is 5.91 Å². The zero-order valence-corrected chi connectivity index (χ0v) is 14.0. The molecule has 1 heterocycles. The molecule has 1 aliphatic heterocycles. The van der Waals surface area contributed by atoms with Crippen molar-refractivity contribution in [2.45, 2.75) is 51.5 Å². The first kappa shape index (κ1) is 16.8. The topological polar surface area (TPSA) is 55.6 Å². The Kier molecular flexibility index (Phi) is 5.46. The first-order valence-corrected chi connectivity index (χ1v) is 8.14. The van der Waals surface area contributed by atoms with Gasteiger partial charge in [-0.15, -0.1) is 0 Å². The average Bonchev–Trinajstić information content (AvgIpc) is 2.52. The Hall–Kier alpha value is -1.55. The third-order valence-electron chi connectivity index (χ3n) is 4.30. The molecule has 22 heavy (non-hydrogen) atoms. The number of carbonyl (C=O) groups is 1. The number of amides is 1. The lowest BCUT2D eigenvalue weighted by molar-refractivity contribution is -0.136. The number of hydrogen-bond donors (Lipinski definition) is 1. The van der Waals surface area contributed by atoms with Crippen LogP contribution in [0.2, 0.25) is 0 Å². The van der Waals surface area contributed by atoms with Gasteiger partial charge < -0.3 is 15.4 Å². The van der Waals surface area contributed by atoms with Crippen molar-refractivity contribution in [1.29, 1.82) is 0 Å². The van der Waals surface area contributed by atoms with Gasteiger partial charge in [-0.1, -0.05) is 32.9 Å². The largest absolute Gasteiger partial charge is 0.484 e. The summed E-state index contributed by atoms with van der Waals surface area (Å²) in [4.78, 5) is 14.2. The molecule has 1 saturated heterocycles. The zero-order valence-electron chi connectivity index (χ0n) is 14.0. The number of rotatable bonds is 4. The van der Waals surface area contributed by atoms with E-state index in [1.54, 1.807) is 0 Å². The van der Waals surface area contributed by atoms with Gasteiger partial charge in [-0.3, -0.25) is 4.79 Å². The monoisotopic (exact) mass is 304 g/mol. The van der Waals surface area contributed by atoms with Crippen molar-refractivity contribution in [3.8, 4) is 5.75 Å². The number of nitrogens with zero attached hydrogens (tertiary/aromatic N) is 1. The maximum Gasteiger partial charge on any atom is 0.260 e. The minimum Gasteiger partial charge on any atom is -0.484 e. The van der Waals surface area contributed by atoms with Gasteiger partial charge in [0, 0.05) is 19.1 Å². The molecule has 1 aromatic rings. The molecule has 0 aromatic heterocycles. The minimum atomic E-state index is 0.0371. The Bertz CT molecular complexity index is 491. The van der Waals surface area contributed by atoms with E-state index in [4.69, 9.17) is 10.5 Å². The lowest BCUT2D eigenvalue weighted by atomic mass is 9.87. The molecule has 1 unspecified atom stereocenters. The molecule has 1 aliphatic rings. The van der Waals surface area contributed by atoms with E-state index in [0.717, 1.165) is 31.6 Å². The fraction of sp³-hybridized carbons (Fsp3) is 0.611. The van der Waals surface area contributed by atoms with Crippen LogP contribution in [-0.2, 0) is 10.2 Å². The number of likely N-dealkylation sites (tertiary alicyclic amines) is 1. The zero-order chi connectivity index (χ0) is 16.2. The Morgan fingerprint density at radius 2 is 1.95 bits per heavy atom. The molecular formula is C18H28N2O2. The van der Waals surface area contributed by atoms with Crippen LogP contribution in [0, 0.1) is 0 Å². The molecule has 122 valence electrons. The van der Waals surface area contributed by atoms with Crippen molar-refractivity contribution < 1.29 is 9.53 Å². The molecule has 0 aliphatic carbocycles.